The first-order valence-electron chi connectivity index (χ1n) is 7.01. The maximum absolute atomic E-state index is 13.8. The highest BCUT2D eigenvalue weighted by molar-refractivity contribution is 9.10. The lowest BCUT2D eigenvalue weighted by Crippen LogP contribution is -2.30. The molecule has 0 radical (unpaired) electrons. The van der Waals surface area contributed by atoms with Crippen LogP contribution in [0.1, 0.15) is 17.3 Å². The number of benzene rings is 2. The second-order valence-corrected chi connectivity index (χ2v) is 5.81. The number of nitrogens with one attached hydrogen (secondary N) is 1. The highest BCUT2D eigenvalue weighted by Crippen LogP contribution is 2.18. The number of rotatable bonds is 5. The van der Waals surface area contributed by atoms with Crippen molar-refractivity contribution in [1.29, 1.82) is 0 Å². The Morgan fingerprint density at radius 2 is 1.83 bits per heavy atom. The molecule has 126 valence electrons. The van der Waals surface area contributed by atoms with Crippen LogP contribution in [0.3, 0.4) is 0 Å². The molecule has 2 aromatic carbocycles. The van der Waals surface area contributed by atoms with Gasteiger partial charge in [0.15, 0.2) is 6.10 Å². The number of ether oxygens (including phenoxy) is 2. The molecule has 0 unspecified atom stereocenters. The smallest absolute Gasteiger partial charge is 0.341 e. The molecule has 1 atom stereocenters. The van der Waals surface area contributed by atoms with E-state index in [1.165, 1.54) is 26.2 Å². The summed E-state index contributed by atoms with van der Waals surface area (Å²) in [5.74, 6) is -1.93. The number of amides is 1. The summed E-state index contributed by atoms with van der Waals surface area (Å²) in [5, 5.41) is 2.61. The normalized spacial score (nSPS) is 11.5. The highest BCUT2D eigenvalue weighted by Gasteiger charge is 2.21. The van der Waals surface area contributed by atoms with E-state index in [4.69, 9.17) is 9.47 Å². The van der Waals surface area contributed by atoms with Gasteiger partial charge in [0.2, 0.25) is 0 Å². The summed E-state index contributed by atoms with van der Waals surface area (Å²) >= 11 is 3.29. The molecular weight excluding hydrogens is 381 g/mol. The van der Waals surface area contributed by atoms with Crippen molar-refractivity contribution < 1.29 is 23.5 Å². The molecule has 0 saturated carbocycles. The Morgan fingerprint density at radius 1 is 1.17 bits per heavy atom. The Labute approximate surface area is 146 Å². The quantitative estimate of drug-likeness (QED) is 0.782. The molecule has 0 aliphatic carbocycles. The number of hydrogen-bond donors (Lipinski definition) is 1. The summed E-state index contributed by atoms with van der Waals surface area (Å²) < 4.78 is 24.6. The highest BCUT2D eigenvalue weighted by atomic mass is 79.9. The van der Waals surface area contributed by atoms with E-state index in [0.29, 0.717) is 5.69 Å². The molecule has 0 heterocycles. The van der Waals surface area contributed by atoms with E-state index in [1.54, 1.807) is 24.3 Å². The van der Waals surface area contributed by atoms with Gasteiger partial charge in [0.1, 0.15) is 11.6 Å². The van der Waals surface area contributed by atoms with Gasteiger partial charge in [-0.2, -0.15) is 0 Å². The van der Waals surface area contributed by atoms with Gasteiger partial charge in [0.25, 0.3) is 5.91 Å². The maximum Gasteiger partial charge on any atom is 0.341 e. The summed E-state index contributed by atoms with van der Waals surface area (Å²) in [7, 11) is 1.39. The van der Waals surface area contributed by atoms with Crippen LogP contribution in [0.15, 0.2) is 46.9 Å². The molecule has 0 aromatic heterocycles. The molecule has 0 fully saturated rings. The largest absolute Gasteiger partial charge is 0.497 e. The molecule has 1 N–H and O–H groups in total. The molecule has 0 aliphatic heterocycles. The van der Waals surface area contributed by atoms with Gasteiger partial charge in [-0.25, -0.2) is 9.18 Å². The van der Waals surface area contributed by atoms with Gasteiger partial charge in [-0.05, 0) is 43.3 Å². The van der Waals surface area contributed by atoms with E-state index in [0.717, 1.165) is 10.5 Å². The average molecular weight is 396 g/mol. The van der Waals surface area contributed by atoms with Crippen LogP contribution in [0.5, 0.6) is 5.75 Å². The maximum atomic E-state index is 13.8. The van der Waals surface area contributed by atoms with Gasteiger partial charge >= 0.3 is 5.97 Å². The van der Waals surface area contributed by atoms with Gasteiger partial charge in [0, 0.05) is 16.2 Å². The molecule has 2 aromatic rings. The zero-order valence-electron chi connectivity index (χ0n) is 13.0. The molecule has 0 saturated heterocycles. The third kappa shape index (κ3) is 4.55. The SMILES string of the molecule is COc1ccc(C(=O)O[C@@H](C)C(=O)Nc2ccc(Br)cc2)c(F)c1. The standard InChI is InChI=1S/C17H15BrFNO4/c1-10(16(21)20-12-5-3-11(18)4-6-12)24-17(22)14-8-7-13(23-2)9-15(14)19/h3-10H,1-2H3,(H,20,21)/t10-/m0/s1. The Balaban J connectivity index is 2.00. The monoisotopic (exact) mass is 395 g/mol. The molecule has 0 spiro atoms. The minimum Gasteiger partial charge on any atom is -0.497 e. The van der Waals surface area contributed by atoms with Crippen LogP contribution >= 0.6 is 15.9 Å². The molecule has 5 nitrogen and oxygen atoms in total. The third-order valence-corrected chi connectivity index (χ3v) is 3.69. The fourth-order valence-corrected chi connectivity index (χ4v) is 2.11. The average Bonchev–Trinajstić information content (AvgIpc) is 2.56. The lowest BCUT2D eigenvalue weighted by molar-refractivity contribution is -0.123. The number of methoxy groups -OCH3 is 1. The molecule has 0 aliphatic rings. The molecular formula is C17H15BrFNO4. The third-order valence-electron chi connectivity index (χ3n) is 3.16. The Hall–Kier alpha value is -2.41. The molecule has 1 amide bonds. The van der Waals surface area contributed by atoms with Crippen LogP contribution in [0.25, 0.3) is 0 Å². The summed E-state index contributed by atoms with van der Waals surface area (Å²) in [6.45, 7) is 1.41. The topological polar surface area (TPSA) is 64.6 Å². The van der Waals surface area contributed by atoms with E-state index >= 15 is 0 Å². The summed E-state index contributed by atoms with van der Waals surface area (Å²) in [6, 6.07) is 10.7. The van der Waals surface area contributed by atoms with Crippen LogP contribution in [0.2, 0.25) is 0 Å². The van der Waals surface area contributed by atoms with Crippen molar-refractivity contribution in [3.63, 3.8) is 0 Å². The van der Waals surface area contributed by atoms with Crippen LogP contribution in [0.4, 0.5) is 10.1 Å². The zero-order chi connectivity index (χ0) is 17.7. The van der Waals surface area contributed by atoms with Crippen LogP contribution in [-0.2, 0) is 9.53 Å². The van der Waals surface area contributed by atoms with Crippen molar-refractivity contribution in [2.45, 2.75) is 13.0 Å². The number of carbonyl (C=O) groups excluding carboxylic acids is 2. The summed E-state index contributed by atoms with van der Waals surface area (Å²) in [5.41, 5.74) is 0.292. The summed E-state index contributed by atoms with van der Waals surface area (Å²) in [4.78, 5) is 24.0. The predicted octanol–water partition coefficient (Wildman–Crippen LogP) is 3.78. The van der Waals surface area contributed by atoms with Crippen molar-refractivity contribution >= 4 is 33.5 Å². The van der Waals surface area contributed by atoms with Crippen LogP contribution in [-0.4, -0.2) is 25.1 Å². The van der Waals surface area contributed by atoms with E-state index in [9.17, 15) is 14.0 Å². The lowest BCUT2D eigenvalue weighted by Gasteiger charge is -2.14. The first kappa shape index (κ1) is 17.9. The van der Waals surface area contributed by atoms with E-state index in [1.807, 2.05) is 0 Å². The van der Waals surface area contributed by atoms with Gasteiger partial charge in [-0.1, -0.05) is 15.9 Å². The molecule has 0 bridgehead atoms. The van der Waals surface area contributed by atoms with Gasteiger partial charge in [-0.3, -0.25) is 4.79 Å². The lowest BCUT2D eigenvalue weighted by atomic mass is 10.2. The van der Waals surface area contributed by atoms with Gasteiger partial charge < -0.3 is 14.8 Å². The fourth-order valence-electron chi connectivity index (χ4n) is 1.84. The minimum atomic E-state index is -1.08. The number of esters is 1. The van der Waals surface area contributed by atoms with Crippen molar-refractivity contribution in [3.05, 3.63) is 58.3 Å². The van der Waals surface area contributed by atoms with Crippen molar-refractivity contribution in [3.8, 4) is 5.75 Å². The zero-order valence-corrected chi connectivity index (χ0v) is 14.6. The van der Waals surface area contributed by atoms with Crippen LogP contribution in [0, 0.1) is 5.82 Å². The van der Waals surface area contributed by atoms with Gasteiger partial charge in [-0.15, -0.1) is 0 Å². The minimum absolute atomic E-state index is 0.265. The summed E-state index contributed by atoms with van der Waals surface area (Å²) in [6.07, 6.45) is -1.08. The first-order valence-corrected chi connectivity index (χ1v) is 7.81. The Morgan fingerprint density at radius 3 is 2.42 bits per heavy atom. The van der Waals surface area contributed by atoms with E-state index in [-0.39, 0.29) is 11.3 Å². The number of anilines is 1. The van der Waals surface area contributed by atoms with E-state index in [2.05, 4.69) is 21.2 Å². The fraction of sp³-hybridized carbons (Fsp3) is 0.176. The van der Waals surface area contributed by atoms with Crippen molar-refractivity contribution in [2.75, 3.05) is 12.4 Å². The second-order valence-electron chi connectivity index (χ2n) is 4.89. The van der Waals surface area contributed by atoms with Gasteiger partial charge in [0.05, 0.1) is 12.7 Å². The Kier molecular flexibility index (Phi) is 5.92. The van der Waals surface area contributed by atoms with Crippen molar-refractivity contribution in [2.24, 2.45) is 0 Å². The number of carbonyl (C=O) groups is 2. The predicted molar refractivity (Wildman–Crippen MR) is 90.6 cm³/mol. The van der Waals surface area contributed by atoms with Crippen molar-refractivity contribution in [1.82, 2.24) is 0 Å². The molecule has 7 heteroatoms. The van der Waals surface area contributed by atoms with Crippen LogP contribution < -0.4 is 10.1 Å². The first-order chi connectivity index (χ1) is 11.4. The number of hydrogen-bond acceptors (Lipinski definition) is 4. The molecule has 24 heavy (non-hydrogen) atoms. The number of halogens is 2. The Bertz CT molecular complexity index is 749. The second kappa shape index (κ2) is 7.92. The molecule has 2 rings (SSSR count). The van der Waals surface area contributed by atoms with E-state index < -0.39 is 23.8 Å².